The number of aromatic carboxylic acids is 1. The van der Waals surface area contributed by atoms with Crippen molar-refractivity contribution in [3.63, 3.8) is 0 Å². The maximum absolute atomic E-state index is 13.1. The molecule has 1 aliphatic rings. The number of benzene rings is 2. The minimum absolute atomic E-state index is 0.00877. The normalized spacial score (nSPS) is 14.8. The number of aromatic nitrogens is 3. The number of likely N-dealkylation sites (tertiary alicyclic amines) is 1. The number of hydrogen-bond acceptors (Lipinski definition) is 9. The molecule has 1 atom stereocenters. The third kappa shape index (κ3) is 5.85. The van der Waals surface area contributed by atoms with Crippen molar-refractivity contribution in [2.75, 3.05) is 18.9 Å². The highest BCUT2D eigenvalue weighted by atomic mass is 16.5. The molecule has 0 aliphatic carbocycles. The lowest BCUT2D eigenvalue weighted by molar-refractivity contribution is -0.132. The molecule has 0 saturated carbocycles. The van der Waals surface area contributed by atoms with E-state index in [9.17, 15) is 14.4 Å². The number of anilines is 1. The number of carboxylic acid groups (broad SMARTS) is 1. The van der Waals surface area contributed by atoms with Gasteiger partial charge in [0, 0.05) is 50.3 Å². The summed E-state index contributed by atoms with van der Waals surface area (Å²) in [4.78, 5) is 42.1. The molecule has 1 aliphatic heterocycles. The molecule has 3 heterocycles. The van der Waals surface area contributed by atoms with Crippen LogP contribution in [0.3, 0.4) is 0 Å². The fraction of sp³-hybridized carbons (Fsp3) is 0.185. The van der Waals surface area contributed by atoms with Gasteiger partial charge in [0.2, 0.25) is 11.8 Å². The summed E-state index contributed by atoms with van der Waals surface area (Å²) in [5, 5.41) is 19.5. The number of carboxylic acids is 1. The topological polar surface area (TPSA) is 157 Å². The Morgan fingerprint density at radius 1 is 1.03 bits per heavy atom. The molecule has 2 N–H and O–H groups in total. The summed E-state index contributed by atoms with van der Waals surface area (Å²) in [6.45, 7) is 2.27. The van der Waals surface area contributed by atoms with Crippen LogP contribution in [0.4, 0.5) is 5.82 Å². The van der Waals surface area contributed by atoms with Gasteiger partial charge in [0.1, 0.15) is 23.1 Å². The number of aryl methyl sites for hydroxylation is 1. The fourth-order valence-corrected chi connectivity index (χ4v) is 3.89. The molecule has 2 aromatic heterocycles. The van der Waals surface area contributed by atoms with Crippen molar-refractivity contribution in [3.8, 4) is 28.7 Å². The zero-order valence-corrected chi connectivity index (χ0v) is 21.0. The van der Waals surface area contributed by atoms with Crippen LogP contribution in [0.2, 0.25) is 0 Å². The van der Waals surface area contributed by atoms with Gasteiger partial charge in [0.05, 0.1) is 5.56 Å². The summed E-state index contributed by atoms with van der Waals surface area (Å²) in [6.07, 6.45) is 0.981. The number of hydrogen-bond donors (Lipinski definition) is 2. The first-order chi connectivity index (χ1) is 18.7. The van der Waals surface area contributed by atoms with Crippen LogP contribution in [-0.4, -0.2) is 62.7 Å². The molecule has 5 rings (SSSR count). The van der Waals surface area contributed by atoms with Crippen LogP contribution in [0.1, 0.15) is 33.0 Å². The lowest BCUT2D eigenvalue weighted by atomic mass is 10.1. The third-order valence-electron chi connectivity index (χ3n) is 5.91. The lowest BCUT2D eigenvalue weighted by Gasteiger charge is -2.16. The Labute approximate surface area is 222 Å². The van der Waals surface area contributed by atoms with E-state index in [4.69, 9.17) is 19.0 Å². The zero-order chi connectivity index (χ0) is 27.5. The molecule has 1 fully saturated rings. The summed E-state index contributed by atoms with van der Waals surface area (Å²) in [7, 11) is 1.70. The van der Waals surface area contributed by atoms with Crippen LogP contribution in [0.15, 0.2) is 65.2 Å². The van der Waals surface area contributed by atoms with Crippen molar-refractivity contribution in [1.82, 2.24) is 20.1 Å². The number of carbonyl (C=O) groups excluding carboxylic acids is 2. The Bertz CT molecular complexity index is 1530. The van der Waals surface area contributed by atoms with Gasteiger partial charge in [-0.15, -0.1) is 10.2 Å². The van der Waals surface area contributed by atoms with Crippen LogP contribution in [0.5, 0.6) is 17.2 Å². The second-order valence-corrected chi connectivity index (χ2v) is 8.79. The van der Waals surface area contributed by atoms with E-state index in [2.05, 4.69) is 20.5 Å². The summed E-state index contributed by atoms with van der Waals surface area (Å²) in [5.41, 5.74) is 0.888. The van der Waals surface area contributed by atoms with E-state index < -0.39 is 18.0 Å². The summed E-state index contributed by atoms with van der Waals surface area (Å²) < 4.78 is 17.4. The molecule has 39 heavy (non-hydrogen) atoms. The smallest absolute Gasteiger partial charge is 0.337 e. The second-order valence-electron chi connectivity index (χ2n) is 8.79. The number of rotatable bonds is 8. The minimum Gasteiger partial charge on any atom is -0.480 e. The average molecular weight is 530 g/mol. The SMILES string of the molecule is Cc1nnc(-c2ccc(Oc3cc(OC4CCN(C)C4=O)cc(C(=O)Nc4ccc(C(=O)O)cn4)c3)cc2)o1. The van der Waals surface area contributed by atoms with Crippen molar-refractivity contribution < 1.29 is 33.4 Å². The minimum atomic E-state index is -1.13. The van der Waals surface area contributed by atoms with E-state index in [-0.39, 0.29) is 28.6 Å². The van der Waals surface area contributed by atoms with Crippen LogP contribution >= 0.6 is 0 Å². The second kappa shape index (κ2) is 10.6. The predicted octanol–water partition coefficient (Wildman–Crippen LogP) is 3.79. The van der Waals surface area contributed by atoms with E-state index in [1.807, 2.05) is 0 Å². The maximum Gasteiger partial charge on any atom is 0.337 e. The van der Waals surface area contributed by atoms with Gasteiger partial charge in [-0.25, -0.2) is 9.78 Å². The molecule has 4 aromatic rings. The Hall–Kier alpha value is -5.26. The van der Waals surface area contributed by atoms with Gasteiger partial charge < -0.3 is 29.2 Å². The number of pyridine rings is 1. The third-order valence-corrected chi connectivity index (χ3v) is 5.91. The quantitative estimate of drug-likeness (QED) is 0.344. The van der Waals surface area contributed by atoms with E-state index in [1.54, 1.807) is 49.2 Å². The van der Waals surface area contributed by atoms with Crippen LogP contribution < -0.4 is 14.8 Å². The number of nitrogens with zero attached hydrogens (tertiary/aromatic N) is 4. The van der Waals surface area contributed by atoms with Crippen molar-refractivity contribution in [1.29, 1.82) is 0 Å². The van der Waals surface area contributed by atoms with Gasteiger partial charge >= 0.3 is 5.97 Å². The van der Waals surface area contributed by atoms with E-state index >= 15 is 0 Å². The Kier molecular flexibility index (Phi) is 6.91. The summed E-state index contributed by atoms with van der Waals surface area (Å²) in [6, 6.07) is 14.3. The molecular formula is C27H23N5O7. The van der Waals surface area contributed by atoms with E-state index in [1.165, 1.54) is 24.3 Å². The van der Waals surface area contributed by atoms with Crippen LogP contribution in [0, 0.1) is 6.92 Å². The number of amides is 2. The molecular weight excluding hydrogens is 506 g/mol. The van der Waals surface area contributed by atoms with E-state index in [0.717, 1.165) is 6.20 Å². The van der Waals surface area contributed by atoms with Gasteiger partial charge in [0.25, 0.3) is 11.8 Å². The first kappa shape index (κ1) is 25.4. The molecule has 2 amide bonds. The largest absolute Gasteiger partial charge is 0.480 e. The first-order valence-corrected chi connectivity index (χ1v) is 11.9. The molecule has 12 heteroatoms. The van der Waals surface area contributed by atoms with Crippen molar-refractivity contribution in [2.24, 2.45) is 0 Å². The van der Waals surface area contributed by atoms with Gasteiger partial charge in [-0.2, -0.15) is 0 Å². The van der Waals surface area contributed by atoms with Crippen molar-refractivity contribution in [3.05, 3.63) is 77.8 Å². The Morgan fingerprint density at radius 2 is 1.79 bits per heavy atom. The number of ether oxygens (including phenoxy) is 2. The molecule has 1 saturated heterocycles. The van der Waals surface area contributed by atoms with Crippen molar-refractivity contribution in [2.45, 2.75) is 19.4 Å². The fourth-order valence-electron chi connectivity index (χ4n) is 3.89. The highest BCUT2D eigenvalue weighted by Gasteiger charge is 2.31. The first-order valence-electron chi connectivity index (χ1n) is 11.9. The van der Waals surface area contributed by atoms with Gasteiger partial charge in [0.15, 0.2) is 6.10 Å². The van der Waals surface area contributed by atoms with Crippen LogP contribution in [0.25, 0.3) is 11.5 Å². The number of carbonyl (C=O) groups is 3. The summed E-state index contributed by atoms with van der Waals surface area (Å²) in [5.74, 6) is 0.237. The molecule has 198 valence electrons. The predicted molar refractivity (Wildman–Crippen MR) is 137 cm³/mol. The maximum atomic E-state index is 13.1. The summed E-state index contributed by atoms with van der Waals surface area (Å²) >= 11 is 0. The average Bonchev–Trinajstić information content (AvgIpc) is 3.50. The van der Waals surface area contributed by atoms with Gasteiger partial charge in [-0.1, -0.05) is 0 Å². The molecule has 0 spiro atoms. The Morgan fingerprint density at radius 3 is 2.41 bits per heavy atom. The molecule has 2 aromatic carbocycles. The highest BCUT2D eigenvalue weighted by molar-refractivity contribution is 6.04. The highest BCUT2D eigenvalue weighted by Crippen LogP contribution is 2.31. The van der Waals surface area contributed by atoms with Gasteiger partial charge in [-0.3, -0.25) is 9.59 Å². The number of likely N-dealkylation sites (N-methyl/N-ethyl adjacent to an activating group) is 1. The standard InChI is InChI=1S/C27H23N5O7/c1-15-30-31-25(37-15)16-3-6-19(7-4-16)38-20-11-18(12-21(13-20)39-22-9-10-32(2)26(22)34)24(33)29-23-8-5-17(14-28-23)27(35)36/h3-8,11-14,22H,9-10H2,1-2H3,(H,35,36)(H,28,29,33). The monoisotopic (exact) mass is 529 g/mol. The molecule has 0 radical (unpaired) electrons. The molecule has 0 bridgehead atoms. The number of nitrogens with one attached hydrogen (secondary N) is 1. The van der Waals surface area contributed by atoms with Gasteiger partial charge in [-0.05, 0) is 48.5 Å². The van der Waals surface area contributed by atoms with Crippen LogP contribution in [-0.2, 0) is 4.79 Å². The van der Waals surface area contributed by atoms with Crippen molar-refractivity contribution >= 4 is 23.6 Å². The molecule has 12 nitrogen and oxygen atoms in total. The zero-order valence-electron chi connectivity index (χ0n) is 21.0. The van der Waals surface area contributed by atoms with E-state index in [0.29, 0.717) is 41.8 Å². The molecule has 1 unspecified atom stereocenters. The lowest BCUT2D eigenvalue weighted by Crippen LogP contribution is -2.29. The Balaban J connectivity index is 1.39.